The predicted molar refractivity (Wildman–Crippen MR) is 88.4 cm³/mol. The van der Waals surface area contributed by atoms with Gasteiger partial charge in [0, 0.05) is 24.8 Å². The van der Waals surface area contributed by atoms with Gasteiger partial charge >= 0.3 is 0 Å². The summed E-state index contributed by atoms with van der Waals surface area (Å²) in [6.07, 6.45) is 12.2. The first-order valence-electron chi connectivity index (χ1n) is 8.60. The van der Waals surface area contributed by atoms with E-state index >= 15 is 0 Å². The molecular weight excluding hydrogens is 260 g/mol. The number of rotatable bonds is 8. The quantitative estimate of drug-likeness (QED) is 0.747. The Kier molecular flexibility index (Phi) is 6.71. The minimum atomic E-state index is 0.488. The van der Waals surface area contributed by atoms with Crippen molar-refractivity contribution in [3.63, 3.8) is 0 Å². The molecule has 21 heavy (non-hydrogen) atoms. The number of nitrogens with zero attached hydrogens (tertiary/aromatic N) is 3. The molecule has 0 aromatic carbocycles. The van der Waals surface area contributed by atoms with E-state index in [0.717, 1.165) is 19.1 Å². The van der Waals surface area contributed by atoms with Crippen LogP contribution in [-0.2, 0) is 6.54 Å². The predicted octanol–water partition coefficient (Wildman–Crippen LogP) is 3.21. The number of imidazole rings is 1. The molecule has 1 saturated carbocycles. The molecule has 1 aliphatic carbocycles. The van der Waals surface area contributed by atoms with E-state index in [1.807, 2.05) is 12.5 Å². The van der Waals surface area contributed by atoms with E-state index in [1.54, 1.807) is 0 Å². The number of nitrogens with one attached hydrogen (secondary N) is 1. The lowest BCUT2D eigenvalue weighted by Crippen LogP contribution is -2.35. The van der Waals surface area contributed by atoms with Crippen molar-refractivity contribution >= 4 is 0 Å². The minimum Gasteiger partial charge on any atom is -0.331 e. The topological polar surface area (TPSA) is 33.1 Å². The largest absolute Gasteiger partial charge is 0.331 e. The van der Waals surface area contributed by atoms with Gasteiger partial charge in [0.1, 0.15) is 0 Å². The van der Waals surface area contributed by atoms with Gasteiger partial charge in [-0.1, -0.05) is 19.3 Å². The van der Waals surface area contributed by atoms with Crippen LogP contribution in [0.25, 0.3) is 0 Å². The standard InChI is InChI=1S/C17H32N4/c1-15(2)21-14-19-13-17(21)12-18-10-7-11-20(3)16-8-5-4-6-9-16/h13-16,18H,4-12H2,1-3H3. The van der Waals surface area contributed by atoms with Gasteiger partial charge in [-0.2, -0.15) is 0 Å². The Bertz CT molecular complexity index is 393. The molecule has 0 atom stereocenters. The van der Waals surface area contributed by atoms with E-state index < -0.39 is 0 Å². The minimum absolute atomic E-state index is 0.488. The first-order valence-corrected chi connectivity index (χ1v) is 8.60. The second kappa shape index (κ2) is 8.54. The Labute approximate surface area is 129 Å². The summed E-state index contributed by atoms with van der Waals surface area (Å²) in [6.45, 7) is 7.61. The molecule has 2 rings (SSSR count). The molecule has 4 heteroatoms. The molecule has 0 saturated heterocycles. The van der Waals surface area contributed by atoms with Crippen LogP contribution in [0.15, 0.2) is 12.5 Å². The lowest BCUT2D eigenvalue weighted by atomic mass is 9.94. The van der Waals surface area contributed by atoms with E-state index in [2.05, 4.69) is 40.7 Å². The summed E-state index contributed by atoms with van der Waals surface area (Å²) in [5, 5.41) is 3.55. The third kappa shape index (κ3) is 5.11. The molecule has 1 aliphatic rings. The van der Waals surface area contributed by atoms with Gasteiger partial charge in [-0.3, -0.25) is 0 Å². The van der Waals surface area contributed by atoms with E-state index in [9.17, 15) is 0 Å². The molecule has 120 valence electrons. The van der Waals surface area contributed by atoms with E-state index in [1.165, 1.54) is 50.8 Å². The van der Waals surface area contributed by atoms with Crippen molar-refractivity contribution in [1.29, 1.82) is 0 Å². The number of hydrogen-bond donors (Lipinski definition) is 1. The summed E-state index contributed by atoms with van der Waals surface area (Å²) in [5.41, 5.74) is 1.28. The highest BCUT2D eigenvalue weighted by molar-refractivity contribution is 4.99. The van der Waals surface area contributed by atoms with Gasteiger partial charge in [-0.25, -0.2) is 4.98 Å². The SMILES string of the molecule is CC(C)n1cncc1CNCCCN(C)C1CCCCC1. The van der Waals surface area contributed by atoms with Crippen LogP contribution in [0.2, 0.25) is 0 Å². The van der Waals surface area contributed by atoms with Gasteiger partial charge in [0.05, 0.1) is 12.0 Å². The summed E-state index contributed by atoms with van der Waals surface area (Å²) in [6, 6.07) is 1.32. The van der Waals surface area contributed by atoms with Crippen LogP contribution in [0.3, 0.4) is 0 Å². The fourth-order valence-electron chi connectivity index (χ4n) is 3.31. The Balaban J connectivity index is 1.60. The number of hydrogen-bond acceptors (Lipinski definition) is 3. The van der Waals surface area contributed by atoms with Crippen LogP contribution < -0.4 is 5.32 Å². The number of aromatic nitrogens is 2. The monoisotopic (exact) mass is 292 g/mol. The van der Waals surface area contributed by atoms with Gasteiger partial charge in [-0.05, 0) is 53.2 Å². The van der Waals surface area contributed by atoms with Crippen molar-refractivity contribution in [2.24, 2.45) is 0 Å². The van der Waals surface area contributed by atoms with Crippen molar-refractivity contribution in [2.45, 2.75) is 71.0 Å². The van der Waals surface area contributed by atoms with Crippen LogP contribution in [0.4, 0.5) is 0 Å². The van der Waals surface area contributed by atoms with Gasteiger partial charge in [0.2, 0.25) is 0 Å². The average Bonchev–Trinajstić information content (AvgIpc) is 2.96. The van der Waals surface area contributed by atoms with Crippen LogP contribution in [0.5, 0.6) is 0 Å². The summed E-state index contributed by atoms with van der Waals surface area (Å²) < 4.78 is 2.24. The van der Waals surface area contributed by atoms with Crippen LogP contribution in [0, 0.1) is 0 Å². The summed E-state index contributed by atoms with van der Waals surface area (Å²) in [7, 11) is 2.30. The molecule has 0 spiro atoms. The maximum atomic E-state index is 4.25. The van der Waals surface area contributed by atoms with Gasteiger partial charge < -0.3 is 14.8 Å². The van der Waals surface area contributed by atoms with Gasteiger partial charge in [-0.15, -0.1) is 0 Å². The zero-order chi connectivity index (χ0) is 15.1. The summed E-state index contributed by atoms with van der Waals surface area (Å²) >= 11 is 0. The summed E-state index contributed by atoms with van der Waals surface area (Å²) in [5.74, 6) is 0. The molecule has 1 fully saturated rings. The fraction of sp³-hybridized carbons (Fsp3) is 0.824. The van der Waals surface area contributed by atoms with Crippen molar-refractivity contribution in [3.05, 3.63) is 18.2 Å². The first kappa shape index (κ1) is 16.5. The third-order valence-electron chi connectivity index (χ3n) is 4.67. The molecular formula is C17H32N4. The summed E-state index contributed by atoms with van der Waals surface area (Å²) in [4.78, 5) is 6.82. The molecule has 0 unspecified atom stereocenters. The Morgan fingerprint density at radius 1 is 1.33 bits per heavy atom. The molecule has 1 aromatic heterocycles. The average molecular weight is 292 g/mol. The van der Waals surface area contributed by atoms with Crippen molar-refractivity contribution in [1.82, 2.24) is 19.8 Å². The van der Waals surface area contributed by atoms with Crippen molar-refractivity contribution in [2.75, 3.05) is 20.1 Å². The second-order valence-corrected chi connectivity index (χ2v) is 6.69. The fourth-order valence-corrected chi connectivity index (χ4v) is 3.31. The highest BCUT2D eigenvalue weighted by Crippen LogP contribution is 2.21. The molecule has 0 aliphatic heterocycles. The molecule has 0 bridgehead atoms. The van der Waals surface area contributed by atoms with Crippen molar-refractivity contribution < 1.29 is 0 Å². The normalized spacial score (nSPS) is 17.0. The smallest absolute Gasteiger partial charge is 0.0951 e. The third-order valence-corrected chi connectivity index (χ3v) is 4.67. The first-order chi connectivity index (χ1) is 10.2. The zero-order valence-electron chi connectivity index (χ0n) is 14.0. The molecule has 0 radical (unpaired) electrons. The van der Waals surface area contributed by atoms with Crippen LogP contribution >= 0.6 is 0 Å². The molecule has 1 heterocycles. The van der Waals surface area contributed by atoms with Crippen LogP contribution in [-0.4, -0.2) is 40.6 Å². The van der Waals surface area contributed by atoms with Gasteiger partial charge in [0.15, 0.2) is 0 Å². The maximum absolute atomic E-state index is 4.25. The molecule has 4 nitrogen and oxygen atoms in total. The van der Waals surface area contributed by atoms with Crippen LogP contribution in [0.1, 0.15) is 64.1 Å². The highest BCUT2D eigenvalue weighted by atomic mass is 15.1. The Morgan fingerprint density at radius 2 is 2.10 bits per heavy atom. The van der Waals surface area contributed by atoms with Crippen molar-refractivity contribution in [3.8, 4) is 0 Å². The lowest BCUT2D eigenvalue weighted by Gasteiger charge is -2.31. The molecule has 1 aromatic rings. The molecule has 1 N–H and O–H groups in total. The Hall–Kier alpha value is -0.870. The highest BCUT2D eigenvalue weighted by Gasteiger charge is 2.17. The maximum Gasteiger partial charge on any atom is 0.0951 e. The van der Waals surface area contributed by atoms with E-state index in [4.69, 9.17) is 0 Å². The molecule has 0 amide bonds. The van der Waals surface area contributed by atoms with E-state index in [0.29, 0.717) is 6.04 Å². The lowest BCUT2D eigenvalue weighted by molar-refractivity contribution is 0.189. The van der Waals surface area contributed by atoms with E-state index in [-0.39, 0.29) is 0 Å². The zero-order valence-corrected chi connectivity index (χ0v) is 14.0. The van der Waals surface area contributed by atoms with Gasteiger partial charge in [0.25, 0.3) is 0 Å². The second-order valence-electron chi connectivity index (χ2n) is 6.69. The Morgan fingerprint density at radius 3 is 2.81 bits per heavy atom.